The molecule has 0 radical (unpaired) electrons. The first-order valence-corrected chi connectivity index (χ1v) is 7.53. The van der Waals surface area contributed by atoms with Gasteiger partial charge in [0.2, 0.25) is 0 Å². The molecule has 1 aliphatic rings. The molecular formula is C15H24ClN3O2. The van der Waals surface area contributed by atoms with Gasteiger partial charge >= 0.3 is 5.97 Å². The molecule has 1 aromatic heterocycles. The van der Waals surface area contributed by atoms with Crippen molar-refractivity contribution in [1.29, 1.82) is 0 Å². The third-order valence-electron chi connectivity index (χ3n) is 2.83. The highest BCUT2D eigenvalue weighted by Crippen LogP contribution is 2.23. The van der Waals surface area contributed by atoms with Gasteiger partial charge in [-0.15, -0.1) is 0 Å². The highest BCUT2D eigenvalue weighted by molar-refractivity contribution is 6.29. The van der Waals surface area contributed by atoms with Crippen molar-refractivity contribution in [1.82, 2.24) is 15.3 Å². The Bertz CT molecular complexity index is 454. The second-order valence-electron chi connectivity index (χ2n) is 6.00. The van der Waals surface area contributed by atoms with Gasteiger partial charge in [-0.25, -0.2) is 4.98 Å². The van der Waals surface area contributed by atoms with Gasteiger partial charge in [-0.2, -0.15) is 0 Å². The van der Waals surface area contributed by atoms with E-state index in [1.165, 1.54) is 6.92 Å². The molecule has 0 unspecified atom stereocenters. The summed E-state index contributed by atoms with van der Waals surface area (Å²) >= 11 is 5.77. The van der Waals surface area contributed by atoms with E-state index in [0.29, 0.717) is 11.1 Å². The lowest BCUT2D eigenvalue weighted by molar-refractivity contribution is -0.151. The Morgan fingerprint density at radius 2 is 1.95 bits per heavy atom. The van der Waals surface area contributed by atoms with Gasteiger partial charge < -0.3 is 10.1 Å². The van der Waals surface area contributed by atoms with Crippen molar-refractivity contribution in [3.63, 3.8) is 0 Å². The first-order chi connectivity index (χ1) is 9.78. The molecule has 1 aromatic rings. The number of aromatic nitrogens is 2. The van der Waals surface area contributed by atoms with E-state index in [9.17, 15) is 4.79 Å². The normalized spacial score (nSPS) is 15.9. The highest BCUT2D eigenvalue weighted by atomic mass is 35.5. The van der Waals surface area contributed by atoms with Crippen molar-refractivity contribution in [2.24, 2.45) is 0 Å². The fourth-order valence-corrected chi connectivity index (χ4v) is 2.26. The van der Waals surface area contributed by atoms with Crippen LogP contribution in [0.15, 0.2) is 12.4 Å². The number of nitrogens with zero attached hydrogens (tertiary/aromatic N) is 2. The maximum absolute atomic E-state index is 10.2. The molecular weight excluding hydrogens is 290 g/mol. The minimum absolute atomic E-state index is 0.225. The first-order valence-electron chi connectivity index (χ1n) is 7.15. The largest absolute Gasteiger partial charge is 0.460 e. The molecule has 0 spiro atoms. The molecule has 2 rings (SSSR count). The molecule has 0 amide bonds. The summed E-state index contributed by atoms with van der Waals surface area (Å²) in [6.07, 6.45) is 5.66. The van der Waals surface area contributed by atoms with Crippen molar-refractivity contribution in [3.05, 3.63) is 23.2 Å². The van der Waals surface area contributed by atoms with Crippen LogP contribution in [0.2, 0.25) is 5.15 Å². The van der Waals surface area contributed by atoms with Gasteiger partial charge in [0.25, 0.3) is 0 Å². The average molecular weight is 314 g/mol. The smallest absolute Gasteiger partial charge is 0.303 e. The third kappa shape index (κ3) is 7.97. The van der Waals surface area contributed by atoms with Crippen LogP contribution < -0.4 is 5.32 Å². The molecule has 21 heavy (non-hydrogen) atoms. The number of piperidine rings is 1. The van der Waals surface area contributed by atoms with Gasteiger partial charge in [0.05, 0.1) is 11.9 Å². The molecule has 0 aliphatic carbocycles. The molecule has 1 aliphatic heterocycles. The van der Waals surface area contributed by atoms with Crippen LogP contribution >= 0.6 is 11.6 Å². The number of hydrogen-bond acceptors (Lipinski definition) is 5. The van der Waals surface area contributed by atoms with E-state index in [-0.39, 0.29) is 11.6 Å². The van der Waals surface area contributed by atoms with Crippen molar-refractivity contribution < 1.29 is 9.53 Å². The molecule has 2 heterocycles. The molecule has 118 valence electrons. The number of nitrogens with one attached hydrogen (secondary N) is 1. The molecule has 0 bridgehead atoms. The predicted octanol–water partition coefficient (Wildman–Crippen LogP) is 2.95. The molecule has 1 saturated heterocycles. The third-order valence-corrected chi connectivity index (χ3v) is 3.01. The van der Waals surface area contributed by atoms with Gasteiger partial charge in [-0.1, -0.05) is 11.6 Å². The number of carbonyl (C=O) groups is 1. The van der Waals surface area contributed by atoms with E-state index >= 15 is 0 Å². The minimum atomic E-state index is -0.328. The van der Waals surface area contributed by atoms with Crippen molar-refractivity contribution in [2.45, 2.75) is 52.1 Å². The Balaban J connectivity index is 0.000000240. The lowest BCUT2D eigenvalue weighted by Crippen LogP contribution is -2.27. The Labute approximate surface area is 131 Å². The van der Waals surface area contributed by atoms with Crippen molar-refractivity contribution >= 4 is 17.6 Å². The maximum Gasteiger partial charge on any atom is 0.303 e. The summed E-state index contributed by atoms with van der Waals surface area (Å²) in [6, 6.07) is 0. The monoisotopic (exact) mass is 313 g/mol. The number of halogens is 1. The van der Waals surface area contributed by atoms with Gasteiger partial charge in [-0.3, -0.25) is 9.78 Å². The molecule has 5 nitrogen and oxygen atoms in total. The van der Waals surface area contributed by atoms with Crippen LogP contribution in [-0.4, -0.2) is 34.6 Å². The van der Waals surface area contributed by atoms with Crippen molar-refractivity contribution in [3.8, 4) is 0 Å². The van der Waals surface area contributed by atoms with Crippen LogP contribution in [0.3, 0.4) is 0 Å². The fraction of sp³-hybridized carbons (Fsp3) is 0.667. The van der Waals surface area contributed by atoms with Crippen LogP contribution in [0.5, 0.6) is 0 Å². The van der Waals surface area contributed by atoms with Gasteiger partial charge in [-0.05, 0) is 46.7 Å². The second-order valence-corrected chi connectivity index (χ2v) is 6.38. The van der Waals surface area contributed by atoms with Crippen LogP contribution in [-0.2, 0) is 9.53 Å². The van der Waals surface area contributed by atoms with Crippen LogP contribution in [0.1, 0.15) is 52.1 Å². The Kier molecular flexibility index (Phi) is 7.05. The Morgan fingerprint density at radius 1 is 1.33 bits per heavy atom. The maximum atomic E-state index is 10.2. The van der Waals surface area contributed by atoms with E-state index in [1.807, 2.05) is 27.0 Å². The van der Waals surface area contributed by atoms with Gasteiger partial charge in [0, 0.05) is 19.0 Å². The highest BCUT2D eigenvalue weighted by Gasteiger charge is 2.16. The summed E-state index contributed by atoms with van der Waals surface area (Å²) in [5, 5.41) is 3.81. The summed E-state index contributed by atoms with van der Waals surface area (Å²) in [7, 11) is 0. The topological polar surface area (TPSA) is 64.1 Å². The summed E-state index contributed by atoms with van der Waals surface area (Å²) < 4.78 is 4.80. The predicted molar refractivity (Wildman–Crippen MR) is 83.4 cm³/mol. The minimum Gasteiger partial charge on any atom is -0.460 e. The summed E-state index contributed by atoms with van der Waals surface area (Å²) in [5.41, 5.74) is 0.709. The standard InChI is InChI=1S/C9H12ClN3.C6H12O2/c10-9-6-12-5-8(13-9)7-1-3-11-4-2-7;1-5(7)8-6(2,3)4/h5-7,11H,1-4H2;1-4H3. The molecule has 0 atom stereocenters. The van der Waals surface area contributed by atoms with Crippen LogP contribution in [0.4, 0.5) is 0 Å². The fourth-order valence-electron chi connectivity index (χ4n) is 2.10. The van der Waals surface area contributed by atoms with E-state index in [1.54, 1.807) is 6.20 Å². The Morgan fingerprint density at radius 3 is 2.38 bits per heavy atom. The number of hydrogen-bond donors (Lipinski definition) is 1. The second kappa shape index (κ2) is 8.29. The number of ether oxygens (including phenoxy) is 1. The van der Waals surface area contributed by atoms with Crippen LogP contribution in [0.25, 0.3) is 0 Å². The molecule has 1 fully saturated rings. The quantitative estimate of drug-likeness (QED) is 0.808. The van der Waals surface area contributed by atoms with Gasteiger partial charge in [0.1, 0.15) is 10.8 Å². The SMILES string of the molecule is CC(=O)OC(C)(C)C.Clc1cncc(C2CCNCC2)n1. The van der Waals surface area contributed by atoms with Crippen molar-refractivity contribution in [2.75, 3.05) is 13.1 Å². The molecule has 6 heteroatoms. The number of rotatable bonds is 1. The zero-order valence-electron chi connectivity index (χ0n) is 13.1. The lowest BCUT2D eigenvalue weighted by atomic mass is 9.95. The molecule has 1 N–H and O–H groups in total. The summed E-state index contributed by atoms with van der Waals surface area (Å²) in [6.45, 7) is 9.07. The van der Waals surface area contributed by atoms with E-state index in [0.717, 1.165) is 31.6 Å². The van der Waals surface area contributed by atoms with E-state index < -0.39 is 0 Å². The van der Waals surface area contributed by atoms with E-state index in [4.69, 9.17) is 16.3 Å². The summed E-state index contributed by atoms with van der Waals surface area (Å²) in [5.74, 6) is 0.310. The Hall–Kier alpha value is -1.20. The van der Waals surface area contributed by atoms with E-state index in [2.05, 4.69) is 15.3 Å². The zero-order valence-corrected chi connectivity index (χ0v) is 13.9. The number of esters is 1. The van der Waals surface area contributed by atoms with Crippen LogP contribution in [0, 0.1) is 0 Å². The zero-order chi connectivity index (χ0) is 15.9. The lowest BCUT2D eigenvalue weighted by Gasteiger charge is -2.21. The average Bonchev–Trinajstić information content (AvgIpc) is 2.37. The molecule has 0 aromatic carbocycles. The van der Waals surface area contributed by atoms with Gasteiger partial charge in [0.15, 0.2) is 0 Å². The number of carbonyl (C=O) groups excluding carboxylic acids is 1. The summed E-state index contributed by atoms with van der Waals surface area (Å²) in [4.78, 5) is 18.6. The first kappa shape index (κ1) is 17.9. The molecule has 0 saturated carbocycles.